The Hall–Kier alpha value is -2.20. The first-order valence-corrected chi connectivity index (χ1v) is 7.67. The molecule has 0 saturated heterocycles. The Labute approximate surface area is 164 Å². The zero-order valence-electron chi connectivity index (χ0n) is 24.1. The van der Waals surface area contributed by atoms with Gasteiger partial charge in [-0.05, 0) is 61.5 Å². The second kappa shape index (κ2) is 9.94. The van der Waals surface area contributed by atoms with Gasteiger partial charge in [-0.3, -0.25) is 0 Å². The molecular formula is C21H28O4. The Morgan fingerprint density at radius 2 is 2.08 bits per heavy atom. The summed E-state index contributed by atoms with van der Waals surface area (Å²) in [5, 5.41) is 10.5. The first kappa shape index (κ1) is 9.48. The molecule has 4 heteroatoms. The number of hydrogen-bond donors (Lipinski definition) is 1. The molecule has 1 unspecified atom stereocenters. The molecule has 0 aromatic heterocycles. The predicted molar refractivity (Wildman–Crippen MR) is 99.8 cm³/mol. The van der Waals surface area contributed by atoms with Gasteiger partial charge in [0.25, 0.3) is 0 Å². The maximum absolute atomic E-state index is 10.5. The van der Waals surface area contributed by atoms with Gasteiger partial charge in [-0.15, -0.1) is 0 Å². The van der Waals surface area contributed by atoms with Gasteiger partial charge in [0.2, 0.25) is 0 Å². The molecule has 2 rings (SSSR count). The van der Waals surface area contributed by atoms with Crippen LogP contribution in [0.25, 0.3) is 0 Å². The van der Waals surface area contributed by atoms with E-state index in [1.165, 1.54) is 31.4 Å². The van der Waals surface area contributed by atoms with Crippen molar-refractivity contribution in [1.29, 1.82) is 0 Å². The lowest BCUT2D eigenvalue weighted by molar-refractivity contribution is 0.0976. The zero-order chi connectivity index (χ0) is 26.9. The number of aryl methyl sites for hydroxylation is 2. The van der Waals surface area contributed by atoms with Crippen molar-refractivity contribution in [2.75, 3.05) is 20.7 Å². The summed E-state index contributed by atoms with van der Waals surface area (Å²) in [6, 6.07) is 9.76. The van der Waals surface area contributed by atoms with Gasteiger partial charge >= 0.3 is 0 Å². The van der Waals surface area contributed by atoms with Crippen LogP contribution in [0, 0.1) is 6.92 Å². The highest BCUT2D eigenvalue weighted by atomic mass is 16.5. The van der Waals surface area contributed by atoms with E-state index >= 15 is 0 Å². The zero-order valence-corrected chi connectivity index (χ0v) is 14.1. The SMILES string of the molecule is [2H]C([2H])([2H])Oc1cc(C([2H])([2H])C([2H])([2H])CCC([2H])(O)C([2H])([2H])Oc2cccc(C)c2)ccc1OC. The normalized spacial score (nSPS) is 21.2. The fraction of sp³-hybridized carbons (Fsp3) is 0.429. The highest BCUT2D eigenvalue weighted by Gasteiger charge is 2.07. The van der Waals surface area contributed by atoms with Crippen LogP contribution in [0.2, 0.25) is 0 Å². The molecule has 0 spiro atoms. The smallest absolute Gasteiger partial charge is 0.160 e. The summed E-state index contributed by atoms with van der Waals surface area (Å²) in [5.74, 6) is -0.244. The summed E-state index contributed by atoms with van der Waals surface area (Å²) in [6.07, 6.45) is -9.96. The second-order valence-electron chi connectivity index (χ2n) is 5.24. The van der Waals surface area contributed by atoms with Crippen molar-refractivity contribution in [3.8, 4) is 17.2 Å². The van der Waals surface area contributed by atoms with E-state index in [-0.39, 0.29) is 22.8 Å². The van der Waals surface area contributed by atoms with E-state index in [1.54, 1.807) is 19.1 Å². The molecule has 0 saturated carbocycles. The first-order chi connectivity index (χ1) is 15.8. The largest absolute Gasteiger partial charge is 0.493 e. The third-order valence-electron chi connectivity index (χ3n) is 3.27. The number of rotatable bonds is 10. The van der Waals surface area contributed by atoms with Gasteiger partial charge in [0, 0.05) is 5.48 Å². The van der Waals surface area contributed by atoms with E-state index < -0.39 is 45.3 Å². The highest BCUT2D eigenvalue weighted by Crippen LogP contribution is 2.28. The van der Waals surface area contributed by atoms with E-state index in [0.717, 1.165) is 11.6 Å². The fourth-order valence-electron chi connectivity index (χ4n) is 2.03. The van der Waals surface area contributed by atoms with E-state index in [1.807, 2.05) is 0 Å². The number of methoxy groups -OCH3 is 2. The van der Waals surface area contributed by atoms with E-state index in [4.69, 9.17) is 27.9 Å². The van der Waals surface area contributed by atoms with Gasteiger partial charge in [0.1, 0.15) is 12.3 Å². The highest BCUT2D eigenvalue weighted by molar-refractivity contribution is 5.42. The van der Waals surface area contributed by atoms with E-state index in [9.17, 15) is 5.11 Å². The van der Waals surface area contributed by atoms with Crippen LogP contribution in [-0.2, 0) is 6.37 Å². The van der Waals surface area contributed by atoms with Crippen LogP contribution >= 0.6 is 0 Å². The van der Waals surface area contributed by atoms with Crippen molar-refractivity contribution in [3.63, 3.8) is 0 Å². The van der Waals surface area contributed by atoms with Crippen LogP contribution in [0.3, 0.4) is 0 Å². The van der Waals surface area contributed by atoms with Crippen molar-refractivity contribution in [2.24, 2.45) is 0 Å². The molecule has 1 N–H and O–H groups in total. The molecule has 1 atom stereocenters. The number of benzene rings is 2. The summed E-state index contributed by atoms with van der Waals surface area (Å²) in [4.78, 5) is 0. The van der Waals surface area contributed by atoms with Gasteiger partial charge < -0.3 is 19.3 Å². The first-order valence-electron chi connectivity index (χ1n) is 12.7. The van der Waals surface area contributed by atoms with E-state index in [0.29, 0.717) is 0 Å². The quantitative estimate of drug-likeness (QED) is 0.696. The molecule has 0 fully saturated rings. The summed E-state index contributed by atoms with van der Waals surface area (Å²) in [5.41, 5.74) is 0.493. The van der Waals surface area contributed by atoms with Crippen LogP contribution < -0.4 is 14.2 Å². The van der Waals surface area contributed by atoms with Crippen LogP contribution in [0.15, 0.2) is 42.5 Å². The molecule has 0 aliphatic carbocycles. The second-order valence-corrected chi connectivity index (χ2v) is 5.24. The number of aliphatic hydroxyl groups is 1. The minimum Gasteiger partial charge on any atom is -0.493 e. The number of hydrogen-bond acceptors (Lipinski definition) is 4. The molecule has 4 nitrogen and oxygen atoms in total. The monoisotopic (exact) mass is 354 g/mol. The molecule has 0 radical (unpaired) electrons. The summed E-state index contributed by atoms with van der Waals surface area (Å²) >= 11 is 0. The van der Waals surface area contributed by atoms with Crippen molar-refractivity contribution in [3.05, 3.63) is 53.6 Å². The van der Waals surface area contributed by atoms with Gasteiger partial charge in [-0.1, -0.05) is 24.6 Å². The Kier molecular flexibility index (Phi) is 3.77. The van der Waals surface area contributed by atoms with Crippen LogP contribution in [-0.4, -0.2) is 31.9 Å². The average molecular weight is 355 g/mol. The summed E-state index contributed by atoms with van der Waals surface area (Å²) < 4.78 is 94.3. The molecule has 0 aliphatic rings. The molecule has 25 heavy (non-hydrogen) atoms. The maximum Gasteiger partial charge on any atom is 0.160 e. The minimum atomic E-state index is -2.94. The minimum absolute atomic E-state index is 0.00302. The van der Waals surface area contributed by atoms with Gasteiger partial charge in [0.05, 0.1) is 28.5 Å². The molecule has 0 amide bonds. The fourth-order valence-corrected chi connectivity index (χ4v) is 2.03. The number of ether oxygens (including phenoxy) is 3. The topological polar surface area (TPSA) is 47.9 Å². The van der Waals surface area contributed by atoms with Crippen LogP contribution in [0.1, 0.15) is 44.0 Å². The van der Waals surface area contributed by atoms with Crippen molar-refractivity contribution >= 4 is 0 Å². The Balaban J connectivity index is 2.25. The van der Waals surface area contributed by atoms with Crippen molar-refractivity contribution in [1.82, 2.24) is 0 Å². The Bertz CT molecular complexity index is 1020. The van der Waals surface area contributed by atoms with Gasteiger partial charge in [-0.2, -0.15) is 0 Å². The molecular weight excluding hydrogens is 316 g/mol. The molecule has 2 aromatic rings. The van der Waals surface area contributed by atoms with Crippen molar-refractivity contribution in [2.45, 2.75) is 38.6 Å². The molecule has 0 aliphatic heterocycles. The summed E-state index contributed by atoms with van der Waals surface area (Å²) in [6.45, 7) is -1.19. The lowest BCUT2D eigenvalue weighted by atomic mass is 10.0. The lowest BCUT2D eigenvalue weighted by Crippen LogP contribution is -2.17. The molecule has 0 bridgehead atoms. The maximum atomic E-state index is 10.5. The van der Waals surface area contributed by atoms with Crippen molar-refractivity contribution < 1.29 is 33.0 Å². The van der Waals surface area contributed by atoms with Crippen LogP contribution in [0.4, 0.5) is 0 Å². The van der Waals surface area contributed by atoms with Crippen LogP contribution in [0.5, 0.6) is 17.2 Å². The molecule has 2 aromatic carbocycles. The molecule has 136 valence electrons. The Morgan fingerprint density at radius 3 is 2.84 bits per heavy atom. The molecule has 0 heterocycles. The predicted octanol–water partition coefficient (Wildman–Crippen LogP) is 4.16. The average Bonchev–Trinajstić information content (AvgIpc) is 2.70. The van der Waals surface area contributed by atoms with E-state index in [2.05, 4.69) is 0 Å². The third-order valence-corrected chi connectivity index (χ3v) is 3.27. The van der Waals surface area contributed by atoms with Gasteiger partial charge in [0.15, 0.2) is 11.5 Å². The summed E-state index contributed by atoms with van der Waals surface area (Å²) in [7, 11) is -1.60. The van der Waals surface area contributed by atoms with Gasteiger partial charge in [-0.25, -0.2) is 0 Å². The Morgan fingerprint density at radius 1 is 1.20 bits per heavy atom. The third kappa shape index (κ3) is 6.31. The standard InChI is InChI=1S/C21H28O4/c1-16-7-6-10-19(13-16)25-15-18(22)9-5-4-8-17-11-12-20(23-2)21(14-17)24-3/h6-7,10-14,18,22H,4-5,8-9,15H2,1-3H3/i3D3,4D2,8D2,15D2,18D. The lowest BCUT2D eigenvalue weighted by Gasteiger charge is -2.13.